The first kappa shape index (κ1) is 12.2. The Morgan fingerprint density at radius 3 is 2.33 bits per heavy atom. The van der Waals surface area contributed by atoms with Gasteiger partial charge < -0.3 is 10.1 Å². The molecule has 2 aromatic rings. The number of ether oxygens (including phenoxy) is 1. The summed E-state index contributed by atoms with van der Waals surface area (Å²) < 4.78 is 5.13. The number of anilines is 1. The Balaban J connectivity index is 2.39. The maximum Gasteiger partial charge on any atom is 0.221 e. The molecule has 0 aliphatic heterocycles. The molecule has 2 rings (SSSR count). The number of carbonyl (C=O) groups is 1. The van der Waals surface area contributed by atoms with Crippen LogP contribution in [0.4, 0.5) is 5.69 Å². The van der Waals surface area contributed by atoms with Gasteiger partial charge in [-0.25, -0.2) is 0 Å². The van der Waals surface area contributed by atoms with Gasteiger partial charge in [0.1, 0.15) is 5.75 Å². The molecule has 0 aliphatic carbocycles. The molecule has 1 amide bonds. The van der Waals surface area contributed by atoms with E-state index in [0.29, 0.717) is 0 Å². The Labute approximate surface area is 106 Å². The smallest absolute Gasteiger partial charge is 0.221 e. The summed E-state index contributed by atoms with van der Waals surface area (Å²) in [6.45, 7) is 1.50. The average molecular weight is 241 g/mol. The number of hydrogen-bond donors (Lipinski definition) is 1. The SMILES string of the molecule is COc1ccc(-c2ccccc2NC(C)=O)cc1. The maximum atomic E-state index is 11.2. The summed E-state index contributed by atoms with van der Waals surface area (Å²) in [5.41, 5.74) is 2.85. The first-order valence-electron chi connectivity index (χ1n) is 5.72. The van der Waals surface area contributed by atoms with E-state index < -0.39 is 0 Å². The summed E-state index contributed by atoms with van der Waals surface area (Å²) >= 11 is 0. The third-order valence-electron chi connectivity index (χ3n) is 2.64. The van der Waals surface area contributed by atoms with Crippen LogP contribution in [0.15, 0.2) is 48.5 Å². The largest absolute Gasteiger partial charge is 0.497 e. The monoisotopic (exact) mass is 241 g/mol. The van der Waals surface area contributed by atoms with Crippen molar-refractivity contribution in [2.24, 2.45) is 0 Å². The van der Waals surface area contributed by atoms with Gasteiger partial charge in [0, 0.05) is 18.2 Å². The fourth-order valence-corrected chi connectivity index (χ4v) is 1.80. The van der Waals surface area contributed by atoms with Crippen LogP contribution in [0, 0.1) is 0 Å². The number of methoxy groups -OCH3 is 1. The molecule has 0 atom stereocenters. The molecular formula is C15H15NO2. The quantitative estimate of drug-likeness (QED) is 0.895. The molecule has 0 radical (unpaired) electrons. The second-order valence-electron chi connectivity index (χ2n) is 3.96. The van der Waals surface area contributed by atoms with E-state index in [1.54, 1.807) is 7.11 Å². The molecule has 0 aromatic heterocycles. The predicted molar refractivity (Wildman–Crippen MR) is 72.7 cm³/mol. The van der Waals surface area contributed by atoms with Crippen LogP contribution in [0.1, 0.15) is 6.92 Å². The molecule has 0 heterocycles. The highest BCUT2D eigenvalue weighted by molar-refractivity contribution is 5.94. The van der Waals surface area contributed by atoms with Crippen molar-refractivity contribution in [2.45, 2.75) is 6.92 Å². The van der Waals surface area contributed by atoms with Gasteiger partial charge in [0.25, 0.3) is 0 Å². The van der Waals surface area contributed by atoms with Crippen LogP contribution in [0.3, 0.4) is 0 Å². The molecule has 3 heteroatoms. The van der Waals surface area contributed by atoms with Crippen molar-refractivity contribution in [3.63, 3.8) is 0 Å². The minimum Gasteiger partial charge on any atom is -0.497 e. The standard InChI is InChI=1S/C15H15NO2/c1-11(17)16-15-6-4-3-5-14(15)12-7-9-13(18-2)10-8-12/h3-10H,1-2H3,(H,16,17). The number of benzene rings is 2. The van der Waals surface area contributed by atoms with Gasteiger partial charge >= 0.3 is 0 Å². The molecule has 0 unspecified atom stereocenters. The zero-order valence-electron chi connectivity index (χ0n) is 10.4. The van der Waals surface area contributed by atoms with Crippen LogP contribution in [-0.4, -0.2) is 13.0 Å². The second-order valence-corrected chi connectivity index (χ2v) is 3.96. The van der Waals surface area contributed by atoms with Crippen molar-refractivity contribution >= 4 is 11.6 Å². The highest BCUT2D eigenvalue weighted by atomic mass is 16.5. The molecule has 0 fully saturated rings. The summed E-state index contributed by atoms with van der Waals surface area (Å²) in [6, 6.07) is 15.5. The molecule has 1 N–H and O–H groups in total. The summed E-state index contributed by atoms with van der Waals surface area (Å²) in [5, 5.41) is 2.83. The molecule has 0 saturated heterocycles. The van der Waals surface area contributed by atoms with Gasteiger partial charge in [0.15, 0.2) is 0 Å². The van der Waals surface area contributed by atoms with Crippen molar-refractivity contribution in [3.05, 3.63) is 48.5 Å². The van der Waals surface area contributed by atoms with E-state index in [2.05, 4.69) is 5.32 Å². The van der Waals surface area contributed by atoms with Crippen molar-refractivity contribution in [2.75, 3.05) is 12.4 Å². The molecular weight excluding hydrogens is 226 g/mol. The molecule has 0 saturated carbocycles. The molecule has 3 nitrogen and oxygen atoms in total. The van der Waals surface area contributed by atoms with E-state index >= 15 is 0 Å². The predicted octanol–water partition coefficient (Wildman–Crippen LogP) is 3.32. The Morgan fingerprint density at radius 1 is 1.06 bits per heavy atom. The fourth-order valence-electron chi connectivity index (χ4n) is 1.80. The van der Waals surface area contributed by atoms with Crippen LogP contribution in [-0.2, 0) is 4.79 Å². The van der Waals surface area contributed by atoms with Crippen LogP contribution >= 0.6 is 0 Å². The lowest BCUT2D eigenvalue weighted by atomic mass is 10.0. The van der Waals surface area contributed by atoms with Gasteiger partial charge in [-0.3, -0.25) is 4.79 Å². The Kier molecular flexibility index (Phi) is 3.63. The Hall–Kier alpha value is -2.29. The molecule has 0 aliphatic rings. The van der Waals surface area contributed by atoms with Crippen molar-refractivity contribution in [3.8, 4) is 16.9 Å². The summed E-state index contributed by atoms with van der Waals surface area (Å²) in [7, 11) is 1.64. The summed E-state index contributed by atoms with van der Waals surface area (Å²) in [6.07, 6.45) is 0. The van der Waals surface area contributed by atoms with Crippen LogP contribution < -0.4 is 10.1 Å². The average Bonchev–Trinajstić information content (AvgIpc) is 2.39. The van der Waals surface area contributed by atoms with E-state index in [0.717, 1.165) is 22.6 Å². The minimum absolute atomic E-state index is 0.0732. The lowest BCUT2D eigenvalue weighted by Crippen LogP contribution is -2.06. The molecule has 92 valence electrons. The number of amides is 1. The zero-order chi connectivity index (χ0) is 13.0. The topological polar surface area (TPSA) is 38.3 Å². The molecule has 0 bridgehead atoms. The van der Waals surface area contributed by atoms with E-state index in [1.165, 1.54) is 6.92 Å². The normalized spacial score (nSPS) is 9.89. The fraction of sp³-hybridized carbons (Fsp3) is 0.133. The Morgan fingerprint density at radius 2 is 1.72 bits per heavy atom. The van der Waals surface area contributed by atoms with Gasteiger partial charge in [0.2, 0.25) is 5.91 Å². The molecule has 0 spiro atoms. The van der Waals surface area contributed by atoms with Gasteiger partial charge in [-0.2, -0.15) is 0 Å². The third kappa shape index (κ3) is 2.69. The third-order valence-corrected chi connectivity index (χ3v) is 2.64. The highest BCUT2D eigenvalue weighted by Crippen LogP contribution is 2.29. The highest BCUT2D eigenvalue weighted by Gasteiger charge is 2.05. The van der Waals surface area contributed by atoms with Crippen molar-refractivity contribution < 1.29 is 9.53 Å². The van der Waals surface area contributed by atoms with Crippen molar-refractivity contribution in [1.82, 2.24) is 0 Å². The maximum absolute atomic E-state index is 11.2. The van der Waals surface area contributed by atoms with Crippen LogP contribution in [0.5, 0.6) is 5.75 Å². The van der Waals surface area contributed by atoms with Gasteiger partial charge in [-0.15, -0.1) is 0 Å². The summed E-state index contributed by atoms with van der Waals surface area (Å²) in [5.74, 6) is 0.742. The van der Waals surface area contributed by atoms with Crippen LogP contribution in [0.25, 0.3) is 11.1 Å². The van der Waals surface area contributed by atoms with E-state index in [4.69, 9.17) is 4.74 Å². The first-order chi connectivity index (χ1) is 8.70. The number of hydrogen-bond acceptors (Lipinski definition) is 2. The Bertz CT molecular complexity index is 547. The lowest BCUT2D eigenvalue weighted by molar-refractivity contribution is -0.114. The van der Waals surface area contributed by atoms with E-state index in [9.17, 15) is 4.79 Å². The van der Waals surface area contributed by atoms with Gasteiger partial charge in [-0.05, 0) is 23.8 Å². The number of rotatable bonds is 3. The number of para-hydroxylation sites is 1. The van der Waals surface area contributed by atoms with E-state index in [-0.39, 0.29) is 5.91 Å². The minimum atomic E-state index is -0.0732. The lowest BCUT2D eigenvalue weighted by Gasteiger charge is -2.10. The number of nitrogens with one attached hydrogen (secondary N) is 1. The molecule has 18 heavy (non-hydrogen) atoms. The van der Waals surface area contributed by atoms with E-state index in [1.807, 2.05) is 48.5 Å². The zero-order valence-corrected chi connectivity index (χ0v) is 10.4. The first-order valence-corrected chi connectivity index (χ1v) is 5.72. The van der Waals surface area contributed by atoms with Gasteiger partial charge in [0.05, 0.1) is 7.11 Å². The molecule has 2 aromatic carbocycles. The summed E-state index contributed by atoms with van der Waals surface area (Å²) in [4.78, 5) is 11.2. The second kappa shape index (κ2) is 5.36. The van der Waals surface area contributed by atoms with Gasteiger partial charge in [-0.1, -0.05) is 30.3 Å². The van der Waals surface area contributed by atoms with Crippen LogP contribution in [0.2, 0.25) is 0 Å². The number of carbonyl (C=O) groups excluding carboxylic acids is 1. The van der Waals surface area contributed by atoms with Crippen molar-refractivity contribution in [1.29, 1.82) is 0 Å².